The largest absolute Gasteiger partial charge is 0.352 e. The van der Waals surface area contributed by atoms with Gasteiger partial charge in [0.15, 0.2) is 0 Å². The van der Waals surface area contributed by atoms with Crippen LogP contribution in [0.15, 0.2) is 18.2 Å². The summed E-state index contributed by atoms with van der Waals surface area (Å²) in [6, 6.07) is 6.20. The van der Waals surface area contributed by atoms with Crippen LogP contribution < -0.4 is 5.32 Å². The third-order valence-corrected chi connectivity index (χ3v) is 4.46. The molecule has 21 heavy (non-hydrogen) atoms. The topological polar surface area (TPSA) is 29.1 Å². The minimum absolute atomic E-state index is 0.127. The molecule has 2 nitrogen and oxygen atoms in total. The molecule has 0 aliphatic heterocycles. The Hall–Kier alpha value is -1.31. The van der Waals surface area contributed by atoms with Gasteiger partial charge in [0, 0.05) is 12.1 Å². The highest BCUT2D eigenvalue weighted by molar-refractivity contribution is 5.96. The fourth-order valence-electron chi connectivity index (χ4n) is 3.20. The van der Waals surface area contributed by atoms with E-state index < -0.39 is 0 Å². The summed E-state index contributed by atoms with van der Waals surface area (Å²) in [5.74, 6) is 0.127. The molecule has 116 valence electrons. The van der Waals surface area contributed by atoms with E-state index in [-0.39, 0.29) is 5.91 Å². The Labute approximate surface area is 129 Å². The number of rotatable bonds is 8. The first kappa shape index (κ1) is 16.1. The van der Waals surface area contributed by atoms with Gasteiger partial charge in [-0.2, -0.15) is 0 Å². The van der Waals surface area contributed by atoms with E-state index in [1.807, 2.05) is 12.1 Å². The SMILES string of the molecule is CCCCCCCCNC(=O)c1cccc2c1CCCC2. The van der Waals surface area contributed by atoms with Gasteiger partial charge in [-0.3, -0.25) is 4.79 Å². The van der Waals surface area contributed by atoms with Gasteiger partial charge in [-0.1, -0.05) is 51.2 Å². The van der Waals surface area contributed by atoms with E-state index in [0.29, 0.717) is 0 Å². The van der Waals surface area contributed by atoms with Crippen LogP contribution in [0.1, 0.15) is 79.8 Å². The first-order valence-corrected chi connectivity index (χ1v) is 8.72. The Morgan fingerprint density at radius 3 is 2.67 bits per heavy atom. The Kier molecular flexibility index (Phi) is 6.78. The van der Waals surface area contributed by atoms with E-state index >= 15 is 0 Å². The predicted molar refractivity (Wildman–Crippen MR) is 88.8 cm³/mol. The highest BCUT2D eigenvalue weighted by atomic mass is 16.1. The molecule has 0 saturated heterocycles. The number of hydrogen-bond acceptors (Lipinski definition) is 1. The maximum absolute atomic E-state index is 12.3. The smallest absolute Gasteiger partial charge is 0.251 e. The van der Waals surface area contributed by atoms with Gasteiger partial charge < -0.3 is 5.32 Å². The van der Waals surface area contributed by atoms with Crippen LogP contribution >= 0.6 is 0 Å². The van der Waals surface area contributed by atoms with Crippen LogP contribution in [-0.4, -0.2) is 12.5 Å². The second-order valence-corrected chi connectivity index (χ2v) is 6.17. The maximum Gasteiger partial charge on any atom is 0.251 e. The van der Waals surface area contributed by atoms with Gasteiger partial charge in [0.25, 0.3) is 5.91 Å². The molecule has 1 aromatic rings. The molecule has 0 atom stereocenters. The van der Waals surface area contributed by atoms with E-state index in [9.17, 15) is 4.79 Å². The third-order valence-electron chi connectivity index (χ3n) is 4.46. The molecule has 2 rings (SSSR count). The van der Waals surface area contributed by atoms with E-state index in [2.05, 4.69) is 18.3 Å². The van der Waals surface area contributed by atoms with Gasteiger partial charge in [-0.05, 0) is 49.3 Å². The molecule has 1 aliphatic rings. The van der Waals surface area contributed by atoms with Crippen molar-refractivity contribution in [2.75, 3.05) is 6.54 Å². The number of unbranched alkanes of at least 4 members (excludes halogenated alkanes) is 5. The zero-order valence-electron chi connectivity index (χ0n) is 13.4. The van der Waals surface area contributed by atoms with Crippen molar-refractivity contribution >= 4 is 5.91 Å². The number of amides is 1. The number of nitrogens with one attached hydrogen (secondary N) is 1. The molecule has 0 unspecified atom stereocenters. The van der Waals surface area contributed by atoms with E-state index in [4.69, 9.17) is 0 Å². The first-order chi connectivity index (χ1) is 10.3. The van der Waals surface area contributed by atoms with E-state index in [1.54, 1.807) is 0 Å². The number of fused-ring (bicyclic) bond motifs is 1. The summed E-state index contributed by atoms with van der Waals surface area (Å²) in [5.41, 5.74) is 3.59. The Balaban J connectivity index is 1.76. The standard InChI is InChI=1S/C19H29NO/c1-2-3-4-5-6-9-15-20-19(21)18-14-10-12-16-11-7-8-13-17(16)18/h10,12,14H,2-9,11,13,15H2,1H3,(H,20,21). The highest BCUT2D eigenvalue weighted by Crippen LogP contribution is 2.24. The zero-order valence-corrected chi connectivity index (χ0v) is 13.4. The van der Waals surface area contributed by atoms with Crippen molar-refractivity contribution in [1.29, 1.82) is 0 Å². The lowest BCUT2D eigenvalue weighted by Crippen LogP contribution is -2.26. The van der Waals surface area contributed by atoms with Gasteiger partial charge in [-0.25, -0.2) is 0 Å². The van der Waals surface area contributed by atoms with Crippen LogP contribution in [-0.2, 0) is 12.8 Å². The van der Waals surface area contributed by atoms with Crippen molar-refractivity contribution in [2.24, 2.45) is 0 Å². The van der Waals surface area contributed by atoms with Gasteiger partial charge in [0.2, 0.25) is 0 Å². The van der Waals surface area contributed by atoms with Crippen LogP contribution in [0.3, 0.4) is 0 Å². The van der Waals surface area contributed by atoms with Crippen LogP contribution in [0, 0.1) is 0 Å². The molecular formula is C19H29NO. The lowest BCUT2D eigenvalue weighted by Gasteiger charge is -2.18. The van der Waals surface area contributed by atoms with Crippen molar-refractivity contribution in [3.05, 3.63) is 34.9 Å². The van der Waals surface area contributed by atoms with E-state index in [0.717, 1.165) is 31.4 Å². The highest BCUT2D eigenvalue weighted by Gasteiger charge is 2.16. The van der Waals surface area contributed by atoms with Crippen molar-refractivity contribution in [1.82, 2.24) is 5.32 Å². The lowest BCUT2D eigenvalue weighted by molar-refractivity contribution is 0.0951. The molecule has 2 heteroatoms. The first-order valence-electron chi connectivity index (χ1n) is 8.72. The average Bonchev–Trinajstić information content (AvgIpc) is 2.53. The molecule has 0 spiro atoms. The number of carbonyl (C=O) groups excluding carboxylic acids is 1. The summed E-state index contributed by atoms with van der Waals surface area (Å²) in [7, 11) is 0. The molecule has 0 bridgehead atoms. The second-order valence-electron chi connectivity index (χ2n) is 6.17. The van der Waals surface area contributed by atoms with Crippen molar-refractivity contribution in [3.63, 3.8) is 0 Å². The molecule has 1 aliphatic carbocycles. The summed E-state index contributed by atoms with van der Waals surface area (Å²) < 4.78 is 0. The minimum Gasteiger partial charge on any atom is -0.352 e. The maximum atomic E-state index is 12.3. The number of hydrogen-bond donors (Lipinski definition) is 1. The Bertz CT molecular complexity index is 453. The fourth-order valence-corrected chi connectivity index (χ4v) is 3.20. The summed E-state index contributed by atoms with van der Waals surface area (Å²) >= 11 is 0. The molecule has 1 N–H and O–H groups in total. The monoisotopic (exact) mass is 287 g/mol. The predicted octanol–water partition coefficient (Wildman–Crippen LogP) is 4.66. The summed E-state index contributed by atoms with van der Waals surface area (Å²) in [5, 5.41) is 3.10. The summed E-state index contributed by atoms with van der Waals surface area (Å²) in [6.45, 7) is 3.05. The Morgan fingerprint density at radius 1 is 1.05 bits per heavy atom. The fraction of sp³-hybridized carbons (Fsp3) is 0.632. The molecule has 0 radical (unpaired) electrons. The summed E-state index contributed by atoms with van der Waals surface area (Å²) in [6.07, 6.45) is 12.3. The van der Waals surface area contributed by atoms with Gasteiger partial charge in [0.05, 0.1) is 0 Å². The number of aryl methyl sites for hydroxylation is 1. The van der Waals surface area contributed by atoms with Crippen LogP contribution in [0.4, 0.5) is 0 Å². The zero-order chi connectivity index (χ0) is 14.9. The van der Waals surface area contributed by atoms with Gasteiger partial charge in [-0.15, -0.1) is 0 Å². The molecule has 0 fully saturated rings. The molecule has 0 heterocycles. The van der Waals surface area contributed by atoms with Gasteiger partial charge >= 0.3 is 0 Å². The number of benzene rings is 1. The van der Waals surface area contributed by atoms with E-state index in [1.165, 1.54) is 56.1 Å². The molecule has 1 amide bonds. The molecular weight excluding hydrogens is 258 g/mol. The molecule has 0 saturated carbocycles. The molecule has 0 aromatic heterocycles. The Morgan fingerprint density at radius 2 is 1.81 bits per heavy atom. The second kappa shape index (κ2) is 8.86. The lowest BCUT2D eigenvalue weighted by atomic mass is 9.88. The normalized spacial score (nSPS) is 13.8. The minimum atomic E-state index is 0.127. The van der Waals surface area contributed by atoms with Gasteiger partial charge in [0.1, 0.15) is 0 Å². The average molecular weight is 287 g/mol. The third kappa shape index (κ3) is 4.87. The van der Waals surface area contributed by atoms with Crippen molar-refractivity contribution in [3.8, 4) is 0 Å². The number of carbonyl (C=O) groups is 1. The quantitative estimate of drug-likeness (QED) is 0.692. The summed E-state index contributed by atoms with van der Waals surface area (Å²) in [4.78, 5) is 12.3. The van der Waals surface area contributed by atoms with Crippen molar-refractivity contribution < 1.29 is 4.79 Å². The van der Waals surface area contributed by atoms with Crippen molar-refractivity contribution in [2.45, 2.75) is 71.1 Å². The van der Waals surface area contributed by atoms with Crippen LogP contribution in [0.5, 0.6) is 0 Å². The van der Waals surface area contributed by atoms with Crippen LogP contribution in [0.25, 0.3) is 0 Å². The molecule has 1 aromatic carbocycles. The van der Waals surface area contributed by atoms with Crippen LogP contribution in [0.2, 0.25) is 0 Å².